The molecule has 1 saturated heterocycles. The van der Waals surface area contributed by atoms with Gasteiger partial charge < -0.3 is 10.5 Å². The Morgan fingerprint density at radius 3 is 2.67 bits per heavy atom. The number of rotatable bonds is 1. The van der Waals surface area contributed by atoms with Crippen molar-refractivity contribution in [2.24, 2.45) is 11.1 Å². The minimum Gasteiger partial charge on any atom is -0.378 e. The molecule has 0 aromatic carbocycles. The molecule has 1 rings (SSSR count). The van der Waals surface area contributed by atoms with Crippen molar-refractivity contribution in [3.05, 3.63) is 0 Å². The summed E-state index contributed by atoms with van der Waals surface area (Å²) in [5.74, 6) is 0. The van der Waals surface area contributed by atoms with Crippen LogP contribution < -0.4 is 5.73 Å². The normalized spacial score (nSPS) is 43.7. The molecule has 0 spiro atoms. The van der Waals surface area contributed by atoms with Gasteiger partial charge in [-0.15, -0.1) is 0 Å². The van der Waals surface area contributed by atoms with E-state index < -0.39 is 0 Å². The summed E-state index contributed by atoms with van der Waals surface area (Å²) in [4.78, 5) is 0. The van der Waals surface area contributed by atoms with Crippen LogP contribution in [0.4, 0.5) is 0 Å². The highest BCUT2D eigenvalue weighted by Crippen LogP contribution is 2.30. The van der Waals surface area contributed by atoms with Gasteiger partial charge in [0.15, 0.2) is 0 Å². The first kappa shape index (κ1) is 7.03. The Balaban J connectivity index is 2.45. The second-order valence-corrected chi connectivity index (χ2v) is 3.34. The van der Waals surface area contributed by atoms with Crippen molar-refractivity contribution in [2.45, 2.75) is 26.4 Å². The average molecular weight is 129 g/mol. The molecular weight excluding hydrogens is 114 g/mol. The summed E-state index contributed by atoms with van der Waals surface area (Å²) in [6, 6.07) is 0. The lowest BCUT2D eigenvalue weighted by atomic mass is 9.88. The smallest absolute Gasteiger partial charge is 0.0553 e. The fraction of sp³-hybridized carbons (Fsp3) is 1.00. The van der Waals surface area contributed by atoms with E-state index in [0.29, 0.717) is 6.10 Å². The standard InChI is InChI=1S/C7H15NO/c1-6-3-7(2,4-8)5-9-6/h6H,3-5,8H2,1-2H3/t6-,7+/m0/s1. The van der Waals surface area contributed by atoms with E-state index in [1.807, 2.05) is 0 Å². The second kappa shape index (κ2) is 2.27. The van der Waals surface area contributed by atoms with Gasteiger partial charge in [0.2, 0.25) is 0 Å². The summed E-state index contributed by atoms with van der Waals surface area (Å²) in [5, 5.41) is 0. The van der Waals surface area contributed by atoms with Crippen molar-refractivity contribution in [3.63, 3.8) is 0 Å². The highest BCUT2D eigenvalue weighted by atomic mass is 16.5. The van der Waals surface area contributed by atoms with Crippen molar-refractivity contribution < 1.29 is 4.74 Å². The molecule has 2 heteroatoms. The summed E-state index contributed by atoms with van der Waals surface area (Å²) in [7, 11) is 0. The molecule has 0 radical (unpaired) electrons. The molecule has 2 nitrogen and oxygen atoms in total. The molecule has 1 aliphatic rings. The highest BCUT2D eigenvalue weighted by molar-refractivity contribution is 4.82. The van der Waals surface area contributed by atoms with E-state index in [1.54, 1.807) is 0 Å². The molecule has 0 aromatic rings. The molecule has 1 heterocycles. The molecule has 54 valence electrons. The monoisotopic (exact) mass is 129 g/mol. The van der Waals surface area contributed by atoms with Crippen LogP contribution in [0.3, 0.4) is 0 Å². The van der Waals surface area contributed by atoms with Gasteiger partial charge in [-0.25, -0.2) is 0 Å². The van der Waals surface area contributed by atoms with Crippen molar-refractivity contribution in [2.75, 3.05) is 13.2 Å². The summed E-state index contributed by atoms with van der Waals surface area (Å²) in [6.45, 7) is 5.86. The van der Waals surface area contributed by atoms with E-state index in [4.69, 9.17) is 10.5 Å². The summed E-state index contributed by atoms with van der Waals surface area (Å²) in [6.07, 6.45) is 1.53. The van der Waals surface area contributed by atoms with E-state index in [0.717, 1.165) is 19.6 Å². The third kappa shape index (κ3) is 1.43. The fourth-order valence-electron chi connectivity index (χ4n) is 1.30. The molecule has 1 fully saturated rings. The van der Waals surface area contributed by atoms with E-state index in [1.165, 1.54) is 0 Å². The van der Waals surface area contributed by atoms with Crippen molar-refractivity contribution >= 4 is 0 Å². The summed E-state index contributed by atoms with van der Waals surface area (Å²) in [5.41, 5.74) is 5.81. The quantitative estimate of drug-likeness (QED) is 0.567. The van der Waals surface area contributed by atoms with Crippen LogP contribution in [0.5, 0.6) is 0 Å². The fourth-order valence-corrected chi connectivity index (χ4v) is 1.30. The largest absolute Gasteiger partial charge is 0.378 e. The molecule has 0 saturated carbocycles. The van der Waals surface area contributed by atoms with Gasteiger partial charge in [-0.3, -0.25) is 0 Å². The first-order valence-corrected chi connectivity index (χ1v) is 3.48. The summed E-state index contributed by atoms with van der Waals surface area (Å²) < 4.78 is 5.38. The van der Waals surface area contributed by atoms with Gasteiger partial charge >= 0.3 is 0 Å². The lowest BCUT2D eigenvalue weighted by Gasteiger charge is -2.17. The predicted molar refractivity (Wildman–Crippen MR) is 37.2 cm³/mol. The Hall–Kier alpha value is -0.0800. The van der Waals surface area contributed by atoms with Crippen LogP contribution in [0.25, 0.3) is 0 Å². The first-order chi connectivity index (χ1) is 4.16. The molecule has 0 unspecified atom stereocenters. The van der Waals surface area contributed by atoms with Crippen molar-refractivity contribution in [1.29, 1.82) is 0 Å². The Kier molecular flexibility index (Phi) is 1.78. The maximum atomic E-state index is 5.55. The predicted octanol–water partition coefficient (Wildman–Crippen LogP) is 0.760. The van der Waals surface area contributed by atoms with Gasteiger partial charge in [-0.05, 0) is 19.9 Å². The minimum atomic E-state index is 0.263. The zero-order valence-electron chi connectivity index (χ0n) is 6.18. The molecule has 0 bridgehead atoms. The highest BCUT2D eigenvalue weighted by Gasteiger charge is 2.32. The van der Waals surface area contributed by atoms with Crippen LogP contribution in [-0.2, 0) is 4.74 Å². The molecular formula is C7H15NO. The van der Waals surface area contributed by atoms with Crippen LogP contribution in [0.15, 0.2) is 0 Å². The molecule has 2 N–H and O–H groups in total. The SMILES string of the molecule is C[C@H]1C[C@](C)(CN)CO1. The topological polar surface area (TPSA) is 35.2 Å². The number of ether oxygens (including phenoxy) is 1. The lowest BCUT2D eigenvalue weighted by molar-refractivity contribution is 0.110. The molecule has 2 atom stereocenters. The number of nitrogens with two attached hydrogens (primary N) is 1. The van der Waals surface area contributed by atoms with Crippen LogP contribution in [0.2, 0.25) is 0 Å². The number of hydrogen-bond donors (Lipinski definition) is 1. The molecule has 0 aliphatic carbocycles. The van der Waals surface area contributed by atoms with Gasteiger partial charge in [-0.1, -0.05) is 6.92 Å². The van der Waals surface area contributed by atoms with Gasteiger partial charge in [0, 0.05) is 5.41 Å². The average Bonchev–Trinajstić information content (AvgIpc) is 2.13. The van der Waals surface area contributed by atoms with Gasteiger partial charge in [-0.2, -0.15) is 0 Å². The molecule has 9 heavy (non-hydrogen) atoms. The first-order valence-electron chi connectivity index (χ1n) is 3.48. The van der Waals surface area contributed by atoms with Gasteiger partial charge in [0.05, 0.1) is 12.7 Å². The van der Waals surface area contributed by atoms with Crippen molar-refractivity contribution in [1.82, 2.24) is 0 Å². The Labute approximate surface area is 56.4 Å². The Morgan fingerprint density at radius 1 is 1.78 bits per heavy atom. The summed E-state index contributed by atoms with van der Waals surface area (Å²) >= 11 is 0. The molecule has 0 amide bonds. The van der Waals surface area contributed by atoms with E-state index >= 15 is 0 Å². The van der Waals surface area contributed by atoms with E-state index in [9.17, 15) is 0 Å². The zero-order chi connectivity index (χ0) is 6.91. The lowest BCUT2D eigenvalue weighted by Crippen LogP contribution is -2.27. The van der Waals surface area contributed by atoms with Gasteiger partial charge in [0.25, 0.3) is 0 Å². The third-order valence-electron chi connectivity index (χ3n) is 1.99. The van der Waals surface area contributed by atoms with Crippen LogP contribution in [0.1, 0.15) is 20.3 Å². The second-order valence-electron chi connectivity index (χ2n) is 3.34. The zero-order valence-corrected chi connectivity index (χ0v) is 6.18. The molecule has 1 aliphatic heterocycles. The van der Waals surface area contributed by atoms with Crippen LogP contribution in [0, 0.1) is 5.41 Å². The van der Waals surface area contributed by atoms with Crippen LogP contribution >= 0.6 is 0 Å². The van der Waals surface area contributed by atoms with Crippen molar-refractivity contribution in [3.8, 4) is 0 Å². The van der Waals surface area contributed by atoms with Gasteiger partial charge in [0.1, 0.15) is 0 Å². The minimum absolute atomic E-state index is 0.263. The Morgan fingerprint density at radius 2 is 2.44 bits per heavy atom. The number of hydrogen-bond acceptors (Lipinski definition) is 2. The maximum absolute atomic E-state index is 5.55. The van der Waals surface area contributed by atoms with Crippen LogP contribution in [-0.4, -0.2) is 19.3 Å². The third-order valence-corrected chi connectivity index (χ3v) is 1.99. The van der Waals surface area contributed by atoms with E-state index in [-0.39, 0.29) is 5.41 Å². The Bertz CT molecular complexity index is 105. The van der Waals surface area contributed by atoms with E-state index in [2.05, 4.69) is 13.8 Å². The molecule has 0 aromatic heterocycles. The maximum Gasteiger partial charge on any atom is 0.0553 e.